The van der Waals surface area contributed by atoms with Gasteiger partial charge < -0.3 is 10.4 Å². The van der Waals surface area contributed by atoms with Gasteiger partial charge in [0.25, 0.3) is 5.91 Å². The number of rotatable bonds is 5. The maximum Gasteiger partial charge on any atom is 0.269 e. The summed E-state index contributed by atoms with van der Waals surface area (Å²) < 4.78 is 0. The second-order valence-corrected chi connectivity index (χ2v) is 5.48. The lowest BCUT2D eigenvalue weighted by atomic mass is 10.1. The number of nitrogens with zero attached hydrogens (tertiary/aromatic N) is 1. The fraction of sp³-hybridized carbons (Fsp3) is 0.333. The largest absolute Gasteiger partial charge is 0.396 e. The molecule has 2 unspecified atom stereocenters. The van der Waals surface area contributed by atoms with Gasteiger partial charge in [0.05, 0.1) is 10.7 Å². The third-order valence-electron chi connectivity index (χ3n) is 3.47. The summed E-state index contributed by atoms with van der Waals surface area (Å²) in [4.78, 5) is 12.1. The van der Waals surface area contributed by atoms with Crippen molar-refractivity contribution in [3.63, 3.8) is 0 Å². The molecule has 0 aliphatic rings. The van der Waals surface area contributed by atoms with Crippen LogP contribution in [0.4, 0.5) is 0 Å². The van der Waals surface area contributed by atoms with Crippen LogP contribution >= 0.6 is 11.6 Å². The number of aliphatic hydroxyl groups excluding tert-OH is 1. The van der Waals surface area contributed by atoms with E-state index >= 15 is 0 Å². The molecule has 21 heavy (non-hydrogen) atoms. The van der Waals surface area contributed by atoms with E-state index in [0.29, 0.717) is 16.4 Å². The van der Waals surface area contributed by atoms with Gasteiger partial charge in [-0.2, -0.15) is 5.10 Å². The zero-order chi connectivity index (χ0) is 15.4. The Morgan fingerprint density at radius 3 is 2.81 bits per heavy atom. The minimum Gasteiger partial charge on any atom is -0.396 e. The van der Waals surface area contributed by atoms with Crippen molar-refractivity contribution in [3.05, 3.63) is 41.0 Å². The lowest BCUT2D eigenvalue weighted by Gasteiger charge is -2.18. The Balaban J connectivity index is 2.13. The molecule has 5 nitrogen and oxygen atoms in total. The van der Waals surface area contributed by atoms with E-state index < -0.39 is 0 Å². The highest BCUT2D eigenvalue weighted by Gasteiger charge is 2.17. The smallest absolute Gasteiger partial charge is 0.269 e. The van der Waals surface area contributed by atoms with Crippen molar-refractivity contribution in [1.82, 2.24) is 15.5 Å². The molecule has 2 atom stereocenters. The second kappa shape index (κ2) is 6.74. The molecule has 1 aromatic carbocycles. The summed E-state index contributed by atoms with van der Waals surface area (Å²) in [6, 6.07) is 8.85. The number of aromatic amines is 1. The predicted octanol–water partition coefficient (Wildman–Crippen LogP) is 2.48. The summed E-state index contributed by atoms with van der Waals surface area (Å²) in [6.07, 6.45) is 0. The molecule has 0 bridgehead atoms. The van der Waals surface area contributed by atoms with Gasteiger partial charge in [-0.15, -0.1) is 0 Å². The zero-order valence-corrected chi connectivity index (χ0v) is 12.7. The lowest BCUT2D eigenvalue weighted by Crippen LogP contribution is -2.38. The average molecular weight is 308 g/mol. The summed E-state index contributed by atoms with van der Waals surface area (Å²) in [5, 5.41) is 19.3. The molecule has 0 radical (unpaired) electrons. The first-order valence-corrected chi connectivity index (χ1v) is 7.12. The highest BCUT2D eigenvalue weighted by Crippen LogP contribution is 2.26. The van der Waals surface area contributed by atoms with Crippen molar-refractivity contribution in [3.8, 4) is 11.3 Å². The Kier molecular flexibility index (Phi) is 4.98. The third kappa shape index (κ3) is 3.62. The molecule has 0 aliphatic carbocycles. The first kappa shape index (κ1) is 15.5. The summed E-state index contributed by atoms with van der Waals surface area (Å²) in [6.45, 7) is 3.74. The molecule has 1 amide bonds. The number of hydrogen-bond donors (Lipinski definition) is 3. The molecule has 112 valence electrons. The van der Waals surface area contributed by atoms with Crippen LogP contribution in [0.5, 0.6) is 0 Å². The molecule has 2 rings (SSSR count). The Morgan fingerprint density at radius 1 is 1.43 bits per heavy atom. The molecular weight excluding hydrogens is 290 g/mol. The van der Waals surface area contributed by atoms with Crippen LogP contribution in [0.2, 0.25) is 5.02 Å². The molecule has 6 heteroatoms. The SMILES string of the molecule is CC(CO)C(C)NC(=O)c1cc(-c2ccccc2Cl)n[nH]1. The standard InChI is InChI=1S/C15H18ClN3O2/c1-9(8-20)10(2)17-15(21)14-7-13(18-19-14)11-5-3-4-6-12(11)16/h3-7,9-10,20H,8H2,1-2H3,(H,17,21)(H,18,19). The number of hydrogen-bond acceptors (Lipinski definition) is 3. The number of aromatic nitrogens is 2. The monoisotopic (exact) mass is 307 g/mol. The summed E-state index contributed by atoms with van der Waals surface area (Å²) in [5.41, 5.74) is 1.75. The van der Waals surface area contributed by atoms with Crippen LogP contribution in [-0.4, -0.2) is 33.9 Å². The molecule has 3 N–H and O–H groups in total. The van der Waals surface area contributed by atoms with E-state index in [4.69, 9.17) is 16.7 Å². The Labute approximate surface area is 128 Å². The van der Waals surface area contributed by atoms with Crippen LogP contribution in [-0.2, 0) is 0 Å². The molecule has 0 aliphatic heterocycles. The quantitative estimate of drug-likeness (QED) is 0.794. The number of amides is 1. The van der Waals surface area contributed by atoms with Crippen LogP contribution in [0.15, 0.2) is 30.3 Å². The van der Waals surface area contributed by atoms with Crippen LogP contribution in [0, 0.1) is 5.92 Å². The van der Waals surface area contributed by atoms with E-state index in [2.05, 4.69) is 15.5 Å². The highest BCUT2D eigenvalue weighted by atomic mass is 35.5. The van der Waals surface area contributed by atoms with Crippen molar-refractivity contribution in [2.75, 3.05) is 6.61 Å². The van der Waals surface area contributed by atoms with E-state index in [9.17, 15) is 4.79 Å². The number of nitrogens with one attached hydrogen (secondary N) is 2. The Bertz CT molecular complexity index is 627. The van der Waals surface area contributed by atoms with Crippen LogP contribution in [0.25, 0.3) is 11.3 Å². The average Bonchev–Trinajstić information content (AvgIpc) is 2.96. The molecule has 0 saturated heterocycles. The third-order valence-corrected chi connectivity index (χ3v) is 3.80. The normalized spacial score (nSPS) is 13.7. The fourth-order valence-electron chi connectivity index (χ4n) is 1.83. The van der Waals surface area contributed by atoms with Crippen LogP contribution in [0.1, 0.15) is 24.3 Å². The molecule has 2 aromatic rings. The van der Waals surface area contributed by atoms with E-state index in [0.717, 1.165) is 5.56 Å². The van der Waals surface area contributed by atoms with Crippen LogP contribution < -0.4 is 5.32 Å². The topological polar surface area (TPSA) is 78.0 Å². The number of halogens is 1. The van der Waals surface area contributed by atoms with Crippen LogP contribution in [0.3, 0.4) is 0 Å². The predicted molar refractivity (Wildman–Crippen MR) is 82.2 cm³/mol. The van der Waals surface area contributed by atoms with Crippen molar-refractivity contribution in [2.45, 2.75) is 19.9 Å². The number of aliphatic hydroxyl groups is 1. The van der Waals surface area contributed by atoms with Crippen molar-refractivity contribution >= 4 is 17.5 Å². The fourth-order valence-corrected chi connectivity index (χ4v) is 2.06. The maximum atomic E-state index is 12.1. The van der Waals surface area contributed by atoms with E-state index in [1.165, 1.54) is 0 Å². The van der Waals surface area contributed by atoms with Gasteiger partial charge in [-0.25, -0.2) is 0 Å². The van der Waals surface area contributed by atoms with Gasteiger partial charge in [0.1, 0.15) is 5.69 Å². The van der Waals surface area contributed by atoms with E-state index in [-0.39, 0.29) is 24.5 Å². The van der Waals surface area contributed by atoms with E-state index in [1.807, 2.05) is 32.0 Å². The van der Waals surface area contributed by atoms with Gasteiger partial charge in [-0.1, -0.05) is 36.7 Å². The molecule has 0 fully saturated rings. The Hall–Kier alpha value is -1.85. The number of benzene rings is 1. The van der Waals surface area contributed by atoms with Gasteiger partial charge in [0, 0.05) is 18.2 Å². The maximum absolute atomic E-state index is 12.1. The molecule has 1 heterocycles. The molecule has 0 spiro atoms. The zero-order valence-electron chi connectivity index (χ0n) is 11.9. The minimum atomic E-state index is -0.256. The second-order valence-electron chi connectivity index (χ2n) is 5.07. The molecular formula is C15H18ClN3O2. The van der Waals surface area contributed by atoms with Crippen molar-refractivity contribution in [2.24, 2.45) is 5.92 Å². The lowest BCUT2D eigenvalue weighted by molar-refractivity contribution is 0.0911. The van der Waals surface area contributed by atoms with E-state index in [1.54, 1.807) is 12.1 Å². The van der Waals surface area contributed by atoms with Crippen molar-refractivity contribution < 1.29 is 9.90 Å². The van der Waals surface area contributed by atoms with Crippen molar-refractivity contribution in [1.29, 1.82) is 0 Å². The summed E-state index contributed by atoms with van der Waals surface area (Å²) in [7, 11) is 0. The summed E-state index contributed by atoms with van der Waals surface area (Å²) in [5.74, 6) is -0.270. The number of carbonyl (C=O) groups excluding carboxylic acids is 1. The molecule has 1 aromatic heterocycles. The first-order valence-electron chi connectivity index (χ1n) is 6.75. The highest BCUT2D eigenvalue weighted by molar-refractivity contribution is 6.33. The van der Waals surface area contributed by atoms with Gasteiger partial charge >= 0.3 is 0 Å². The van der Waals surface area contributed by atoms with Gasteiger partial charge in [0.15, 0.2) is 0 Å². The Morgan fingerprint density at radius 2 is 2.14 bits per heavy atom. The summed E-state index contributed by atoms with van der Waals surface area (Å²) >= 11 is 6.11. The number of carbonyl (C=O) groups is 1. The minimum absolute atomic E-state index is 0.0140. The molecule has 0 saturated carbocycles. The number of H-pyrrole nitrogens is 1. The van der Waals surface area contributed by atoms with Gasteiger partial charge in [-0.05, 0) is 25.0 Å². The van der Waals surface area contributed by atoms with Gasteiger partial charge in [0.2, 0.25) is 0 Å². The first-order chi connectivity index (χ1) is 10.0. The van der Waals surface area contributed by atoms with Gasteiger partial charge in [-0.3, -0.25) is 9.89 Å².